The van der Waals surface area contributed by atoms with Crippen molar-refractivity contribution in [2.75, 3.05) is 7.11 Å². The highest BCUT2D eigenvalue weighted by Gasteiger charge is 2.18. The molecule has 1 N–H and O–H groups in total. The minimum absolute atomic E-state index is 0.0273. The maximum Gasteiger partial charge on any atom is 0.382 e. The van der Waals surface area contributed by atoms with Crippen LogP contribution in [0.2, 0.25) is 0 Å². The summed E-state index contributed by atoms with van der Waals surface area (Å²) in [5.74, 6) is -1.23. The Labute approximate surface area is 147 Å². The molecule has 25 heavy (non-hydrogen) atoms. The van der Waals surface area contributed by atoms with Gasteiger partial charge in [0.15, 0.2) is 17.6 Å². The number of carbonyl (C=O) groups is 1. The zero-order chi connectivity index (χ0) is 18.7. The van der Waals surface area contributed by atoms with Crippen LogP contribution in [0.15, 0.2) is 51.7 Å². The van der Waals surface area contributed by atoms with Crippen LogP contribution in [0, 0.1) is 0 Å². The lowest BCUT2D eigenvalue weighted by atomic mass is 10.2. The van der Waals surface area contributed by atoms with Crippen LogP contribution in [0.25, 0.3) is 0 Å². The molecule has 1 atom stereocenters. The second-order valence-electron chi connectivity index (χ2n) is 5.25. The molecule has 6 heteroatoms. The van der Waals surface area contributed by atoms with E-state index < -0.39 is 17.7 Å². The van der Waals surface area contributed by atoms with E-state index in [1.807, 2.05) is 12.2 Å². The Bertz CT molecular complexity index is 696. The van der Waals surface area contributed by atoms with E-state index in [0.29, 0.717) is 0 Å². The lowest BCUT2D eigenvalue weighted by Gasteiger charge is -2.11. The van der Waals surface area contributed by atoms with Crippen molar-refractivity contribution in [3.05, 3.63) is 58.7 Å². The van der Waals surface area contributed by atoms with E-state index in [-0.39, 0.29) is 17.3 Å². The van der Waals surface area contributed by atoms with Gasteiger partial charge in [0.25, 0.3) is 0 Å². The summed E-state index contributed by atoms with van der Waals surface area (Å²) in [5, 5.41) is 9.68. The van der Waals surface area contributed by atoms with Gasteiger partial charge in [0.1, 0.15) is 0 Å². The molecule has 1 aromatic rings. The normalized spacial score (nSPS) is 12.9. The Morgan fingerprint density at radius 2 is 2.04 bits per heavy atom. The zero-order valence-corrected chi connectivity index (χ0v) is 14.7. The highest BCUT2D eigenvalue weighted by atomic mass is 16.6. The van der Waals surface area contributed by atoms with Gasteiger partial charge in [-0.3, -0.25) is 0 Å². The molecule has 0 aromatic carbocycles. The van der Waals surface area contributed by atoms with Gasteiger partial charge in [0, 0.05) is 12.1 Å². The van der Waals surface area contributed by atoms with Crippen molar-refractivity contribution in [2.45, 2.75) is 39.2 Å². The number of methoxy groups -OCH3 is 1. The molecule has 0 aliphatic rings. The molecule has 0 spiro atoms. The first kappa shape index (κ1) is 20.3. The molecular formula is C19H24O6. The maximum absolute atomic E-state index is 11.7. The van der Waals surface area contributed by atoms with Gasteiger partial charge >= 0.3 is 11.6 Å². The summed E-state index contributed by atoms with van der Waals surface area (Å²) in [5.41, 5.74) is -0.839. The molecule has 0 aliphatic heterocycles. The van der Waals surface area contributed by atoms with Crippen molar-refractivity contribution in [2.24, 2.45) is 0 Å². The van der Waals surface area contributed by atoms with E-state index in [1.54, 1.807) is 12.2 Å². The first-order valence-electron chi connectivity index (χ1n) is 8.11. The average Bonchev–Trinajstić information content (AvgIpc) is 2.57. The Kier molecular flexibility index (Phi) is 8.85. The number of ether oxygens (including phenoxy) is 2. The van der Waals surface area contributed by atoms with Crippen molar-refractivity contribution >= 4 is 5.97 Å². The van der Waals surface area contributed by atoms with E-state index in [1.165, 1.54) is 26.2 Å². The molecule has 0 saturated heterocycles. The Morgan fingerprint density at radius 1 is 1.32 bits per heavy atom. The minimum atomic E-state index is -0.839. The number of hydrogen-bond acceptors (Lipinski definition) is 6. The fourth-order valence-corrected chi connectivity index (χ4v) is 1.91. The summed E-state index contributed by atoms with van der Waals surface area (Å²) >= 11 is 0. The van der Waals surface area contributed by atoms with Gasteiger partial charge < -0.3 is 19.0 Å². The van der Waals surface area contributed by atoms with Crippen LogP contribution in [0.3, 0.4) is 0 Å². The van der Waals surface area contributed by atoms with Gasteiger partial charge in [-0.05, 0) is 13.3 Å². The summed E-state index contributed by atoms with van der Waals surface area (Å²) in [6, 6.07) is 1.18. The van der Waals surface area contributed by atoms with E-state index in [4.69, 9.17) is 13.9 Å². The van der Waals surface area contributed by atoms with Gasteiger partial charge in [-0.15, -0.1) is 0 Å². The van der Waals surface area contributed by atoms with E-state index in [9.17, 15) is 14.7 Å². The highest BCUT2D eigenvalue weighted by molar-refractivity contribution is 5.82. The SMILES string of the molecule is CCCC/C=C/C=C/C=C/C(=O)OC(C)c1cc(O)c(OC)c(=O)o1. The van der Waals surface area contributed by atoms with Crippen LogP contribution in [-0.4, -0.2) is 18.2 Å². The predicted molar refractivity (Wildman–Crippen MR) is 94.6 cm³/mol. The fourth-order valence-electron chi connectivity index (χ4n) is 1.91. The van der Waals surface area contributed by atoms with Crippen molar-refractivity contribution in [3.8, 4) is 11.5 Å². The van der Waals surface area contributed by atoms with E-state index in [2.05, 4.69) is 13.0 Å². The van der Waals surface area contributed by atoms with Gasteiger partial charge in [-0.1, -0.05) is 50.1 Å². The topological polar surface area (TPSA) is 86.0 Å². The third-order valence-corrected chi connectivity index (χ3v) is 3.23. The molecule has 1 unspecified atom stereocenters. The molecule has 0 saturated carbocycles. The fraction of sp³-hybridized carbons (Fsp3) is 0.368. The number of hydrogen-bond donors (Lipinski definition) is 1. The van der Waals surface area contributed by atoms with E-state index >= 15 is 0 Å². The highest BCUT2D eigenvalue weighted by Crippen LogP contribution is 2.26. The van der Waals surface area contributed by atoms with Crippen molar-refractivity contribution in [3.63, 3.8) is 0 Å². The first-order valence-corrected chi connectivity index (χ1v) is 8.11. The number of carbonyl (C=O) groups excluding carboxylic acids is 1. The summed E-state index contributed by atoms with van der Waals surface area (Å²) in [4.78, 5) is 23.3. The number of aromatic hydroxyl groups is 1. The van der Waals surface area contributed by atoms with Gasteiger partial charge in [-0.2, -0.15) is 0 Å². The monoisotopic (exact) mass is 348 g/mol. The van der Waals surface area contributed by atoms with Gasteiger partial charge in [0.2, 0.25) is 5.75 Å². The summed E-state index contributed by atoms with van der Waals surface area (Å²) in [7, 11) is 1.24. The first-order chi connectivity index (χ1) is 12.0. The zero-order valence-electron chi connectivity index (χ0n) is 14.7. The molecule has 0 bridgehead atoms. The molecule has 1 rings (SSSR count). The molecule has 0 aliphatic carbocycles. The standard InChI is InChI=1S/C19H24O6/c1-4-5-6-7-8-9-10-11-12-17(21)24-14(2)16-13-15(20)18(23-3)19(22)25-16/h7-14,20H,4-6H2,1-3H3/b8-7+,10-9+,12-11+. The second kappa shape index (κ2) is 10.9. The third kappa shape index (κ3) is 7.12. The van der Waals surface area contributed by atoms with Crippen LogP contribution in [0.1, 0.15) is 45.0 Å². The summed E-state index contributed by atoms with van der Waals surface area (Å²) < 4.78 is 14.8. The average molecular weight is 348 g/mol. The van der Waals surface area contributed by atoms with Crippen LogP contribution in [0.5, 0.6) is 11.5 Å². The molecular weight excluding hydrogens is 324 g/mol. The Hall–Kier alpha value is -2.76. The minimum Gasteiger partial charge on any atom is -0.504 e. The number of rotatable bonds is 9. The molecule has 1 heterocycles. The lowest BCUT2D eigenvalue weighted by molar-refractivity contribution is -0.143. The predicted octanol–water partition coefficient (Wildman–Crippen LogP) is 3.82. The van der Waals surface area contributed by atoms with E-state index in [0.717, 1.165) is 19.3 Å². The maximum atomic E-state index is 11.7. The Morgan fingerprint density at radius 3 is 2.68 bits per heavy atom. The van der Waals surface area contributed by atoms with Crippen LogP contribution in [-0.2, 0) is 9.53 Å². The number of unbranched alkanes of at least 4 members (excludes halogenated alkanes) is 2. The number of esters is 1. The smallest absolute Gasteiger partial charge is 0.382 e. The molecule has 0 fully saturated rings. The van der Waals surface area contributed by atoms with Gasteiger partial charge in [-0.25, -0.2) is 9.59 Å². The van der Waals surface area contributed by atoms with Gasteiger partial charge in [0.05, 0.1) is 7.11 Å². The quantitative estimate of drug-likeness (QED) is 0.316. The molecule has 1 aromatic heterocycles. The molecule has 0 radical (unpaired) electrons. The van der Waals surface area contributed by atoms with Crippen LogP contribution in [0.4, 0.5) is 0 Å². The largest absolute Gasteiger partial charge is 0.504 e. The van der Waals surface area contributed by atoms with Crippen molar-refractivity contribution in [1.82, 2.24) is 0 Å². The second-order valence-corrected chi connectivity index (χ2v) is 5.25. The molecule has 0 amide bonds. The lowest BCUT2D eigenvalue weighted by Crippen LogP contribution is -2.11. The third-order valence-electron chi connectivity index (χ3n) is 3.23. The van der Waals surface area contributed by atoms with Crippen molar-refractivity contribution in [1.29, 1.82) is 0 Å². The summed E-state index contributed by atoms with van der Waals surface area (Å²) in [6.45, 7) is 3.67. The molecule has 6 nitrogen and oxygen atoms in total. The van der Waals surface area contributed by atoms with Crippen LogP contribution >= 0.6 is 0 Å². The Balaban J connectivity index is 2.57. The van der Waals surface area contributed by atoms with Crippen molar-refractivity contribution < 1.29 is 23.8 Å². The molecule has 136 valence electrons. The summed E-state index contributed by atoms with van der Waals surface area (Å²) in [6.07, 6.45) is 12.8. The number of allylic oxidation sites excluding steroid dienone is 5. The van der Waals surface area contributed by atoms with Crippen LogP contribution < -0.4 is 10.4 Å².